The highest BCUT2D eigenvalue weighted by Crippen LogP contribution is 2.20. The lowest BCUT2D eigenvalue weighted by molar-refractivity contribution is -0.153. The van der Waals surface area contributed by atoms with Gasteiger partial charge in [0.1, 0.15) is 5.75 Å². The minimum Gasteiger partial charge on any atom is -0.484 e. The number of anilines is 1. The molecular formula is C14H18ClF3N2O2S. The van der Waals surface area contributed by atoms with Crippen LogP contribution in [0.1, 0.15) is 6.42 Å². The Labute approximate surface area is 142 Å². The number of hydrogen-bond donors (Lipinski definition) is 2. The van der Waals surface area contributed by atoms with E-state index in [9.17, 15) is 18.0 Å². The van der Waals surface area contributed by atoms with E-state index in [1.54, 1.807) is 0 Å². The third kappa shape index (κ3) is 7.81. The fourth-order valence-corrected chi connectivity index (χ4v) is 2.94. The summed E-state index contributed by atoms with van der Waals surface area (Å²) in [6.07, 6.45) is -3.99. The first kappa shape index (κ1) is 19.9. The van der Waals surface area contributed by atoms with Crippen LogP contribution in [0.25, 0.3) is 0 Å². The normalized spacial score (nSPS) is 18.0. The van der Waals surface area contributed by atoms with Gasteiger partial charge >= 0.3 is 6.18 Å². The van der Waals surface area contributed by atoms with Crippen molar-refractivity contribution >= 4 is 35.8 Å². The number of halogens is 4. The van der Waals surface area contributed by atoms with Crippen molar-refractivity contribution in [2.24, 2.45) is 0 Å². The van der Waals surface area contributed by atoms with Gasteiger partial charge in [-0.3, -0.25) is 4.79 Å². The lowest BCUT2D eigenvalue weighted by Crippen LogP contribution is -2.39. The van der Waals surface area contributed by atoms with Crippen LogP contribution in [0.15, 0.2) is 24.3 Å². The third-order valence-electron chi connectivity index (χ3n) is 2.97. The van der Waals surface area contributed by atoms with Crippen molar-refractivity contribution in [2.75, 3.05) is 30.0 Å². The second kappa shape index (κ2) is 9.24. The second-order valence-corrected chi connectivity index (χ2v) is 6.06. The largest absolute Gasteiger partial charge is 0.484 e. The molecule has 1 unspecified atom stereocenters. The minimum absolute atomic E-state index is 0. The van der Waals surface area contributed by atoms with Crippen molar-refractivity contribution in [1.82, 2.24) is 5.32 Å². The predicted molar refractivity (Wildman–Crippen MR) is 87.6 cm³/mol. The van der Waals surface area contributed by atoms with Gasteiger partial charge in [0.05, 0.1) is 0 Å². The molecule has 1 aromatic carbocycles. The fourth-order valence-electron chi connectivity index (χ4n) is 1.99. The van der Waals surface area contributed by atoms with Crippen molar-refractivity contribution in [1.29, 1.82) is 0 Å². The molecule has 1 fully saturated rings. The van der Waals surface area contributed by atoms with Gasteiger partial charge in [0.25, 0.3) is 0 Å². The first-order valence-electron chi connectivity index (χ1n) is 6.83. The van der Waals surface area contributed by atoms with Crippen molar-refractivity contribution in [3.8, 4) is 5.75 Å². The van der Waals surface area contributed by atoms with Gasteiger partial charge < -0.3 is 15.4 Å². The van der Waals surface area contributed by atoms with Crippen molar-refractivity contribution in [3.63, 3.8) is 0 Å². The van der Waals surface area contributed by atoms with Gasteiger partial charge in [-0.2, -0.15) is 24.9 Å². The van der Waals surface area contributed by atoms with Gasteiger partial charge in [-0.15, -0.1) is 12.4 Å². The number of rotatable bonds is 5. The third-order valence-corrected chi connectivity index (χ3v) is 4.10. The lowest BCUT2D eigenvalue weighted by Gasteiger charge is -2.22. The van der Waals surface area contributed by atoms with Gasteiger partial charge in [0.15, 0.2) is 6.61 Å². The van der Waals surface area contributed by atoms with Gasteiger partial charge in [0, 0.05) is 36.2 Å². The molecule has 1 atom stereocenters. The van der Waals surface area contributed by atoms with E-state index in [1.165, 1.54) is 24.3 Å². The number of carbonyl (C=O) groups is 1. The zero-order chi connectivity index (χ0) is 16.0. The average Bonchev–Trinajstić information content (AvgIpc) is 2.47. The van der Waals surface area contributed by atoms with E-state index in [0.29, 0.717) is 12.1 Å². The maximum Gasteiger partial charge on any atom is 0.422 e. The molecule has 1 heterocycles. The Balaban J connectivity index is 0.00000264. The number of alkyl halides is 3. The molecule has 0 saturated carbocycles. The Kier molecular flexibility index (Phi) is 8.01. The smallest absolute Gasteiger partial charge is 0.422 e. The minimum atomic E-state index is -4.36. The van der Waals surface area contributed by atoms with Crippen molar-refractivity contribution in [3.05, 3.63) is 24.3 Å². The van der Waals surface area contributed by atoms with Crippen LogP contribution in [0.5, 0.6) is 5.75 Å². The van der Waals surface area contributed by atoms with E-state index in [0.717, 1.165) is 18.1 Å². The van der Waals surface area contributed by atoms with E-state index in [1.807, 2.05) is 11.8 Å². The zero-order valence-electron chi connectivity index (χ0n) is 12.2. The quantitative estimate of drug-likeness (QED) is 0.836. The number of nitrogens with one attached hydrogen (secondary N) is 2. The average molecular weight is 371 g/mol. The van der Waals surface area contributed by atoms with Crippen molar-refractivity contribution < 1.29 is 22.7 Å². The first-order valence-corrected chi connectivity index (χ1v) is 7.98. The van der Waals surface area contributed by atoms with Gasteiger partial charge in [0.2, 0.25) is 5.91 Å². The van der Waals surface area contributed by atoms with Crippen molar-refractivity contribution in [2.45, 2.75) is 18.6 Å². The summed E-state index contributed by atoms with van der Waals surface area (Å²) in [5, 5.41) is 5.99. The topological polar surface area (TPSA) is 50.4 Å². The molecule has 0 aromatic heterocycles. The number of benzene rings is 1. The molecule has 0 spiro atoms. The molecule has 1 aliphatic rings. The molecule has 2 N–H and O–H groups in total. The highest BCUT2D eigenvalue weighted by molar-refractivity contribution is 7.99. The summed E-state index contributed by atoms with van der Waals surface area (Å²) in [6, 6.07) is 6.00. The summed E-state index contributed by atoms with van der Waals surface area (Å²) in [7, 11) is 0. The molecule has 1 aliphatic heterocycles. The van der Waals surface area contributed by atoms with E-state index in [2.05, 4.69) is 15.4 Å². The molecule has 23 heavy (non-hydrogen) atoms. The van der Waals surface area contributed by atoms with Crippen LogP contribution in [0.3, 0.4) is 0 Å². The van der Waals surface area contributed by atoms with Gasteiger partial charge in [-0.05, 0) is 24.3 Å². The van der Waals surface area contributed by atoms with Crippen LogP contribution in [-0.2, 0) is 4.79 Å². The summed E-state index contributed by atoms with van der Waals surface area (Å²) in [4.78, 5) is 11.9. The van der Waals surface area contributed by atoms with Crippen LogP contribution in [0, 0.1) is 0 Å². The highest BCUT2D eigenvalue weighted by Gasteiger charge is 2.28. The Morgan fingerprint density at radius 3 is 2.61 bits per heavy atom. The van der Waals surface area contributed by atoms with Crippen LogP contribution in [-0.4, -0.2) is 42.8 Å². The molecule has 0 radical (unpaired) electrons. The van der Waals surface area contributed by atoms with Gasteiger partial charge in [-0.25, -0.2) is 0 Å². The maximum atomic E-state index is 12.0. The van der Waals surface area contributed by atoms with Gasteiger partial charge in [-0.1, -0.05) is 0 Å². The van der Waals surface area contributed by atoms with E-state index < -0.39 is 12.8 Å². The number of ether oxygens (including phenoxy) is 1. The lowest BCUT2D eigenvalue weighted by atomic mass is 10.2. The van der Waals surface area contributed by atoms with Crippen LogP contribution in [0.2, 0.25) is 0 Å². The van der Waals surface area contributed by atoms with E-state index in [-0.39, 0.29) is 30.1 Å². The predicted octanol–water partition coefficient (Wildman–Crippen LogP) is 3.08. The standard InChI is InChI=1S/C14H17F3N2O2S.ClH/c15-14(16,17)9-21-12-3-1-10(2-4-12)19-13(20)7-11-8-22-6-5-18-11;/h1-4,11,18H,5-9H2,(H,19,20);1H. The second-order valence-electron chi connectivity index (χ2n) is 4.91. The molecule has 4 nitrogen and oxygen atoms in total. The zero-order valence-corrected chi connectivity index (χ0v) is 13.8. The number of amides is 1. The molecular weight excluding hydrogens is 353 g/mol. The highest BCUT2D eigenvalue weighted by atomic mass is 35.5. The molecule has 2 rings (SSSR count). The SMILES string of the molecule is Cl.O=C(CC1CSCCN1)Nc1ccc(OCC(F)(F)F)cc1. The van der Waals surface area contributed by atoms with Crippen LogP contribution >= 0.6 is 24.2 Å². The molecule has 130 valence electrons. The molecule has 1 amide bonds. The molecule has 1 aromatic rings. The summed E-state index contributed by atoms with van der Waals surface area (Å²) in [6.45, 7) is -0.433. The van der Waals surface area contributed by atoms with E-state index in [4.69, 9.17) is 0 Å². The molecule has 1 saturated heterocycles. The monoisotopic (exact) mass is 370 g/mol. The van der Waals surface area contributed by atoms with Crippen LogP contribution in [0.4, 0.5) is 18.9 Å². The van der Waals surface area contributed by atoms with E-state index >= 15 is 0 Å². The Morgan fingerprint density at radius 1 is 1.35 bits per heavy atom. The molecule has 0 aliphatic carbocycles. The Bertz CT molecular complexity index is 494. The summed E-state index contributed by atoms with van der Waals surface area (Å²) in [5.74, 6) is 1.94. The Hall–Kier alpha value is -1.12. The number of carbonyl (C=O) groups excluding carboxylic acids is 1. The van der Waals surface area contributed by atoms with Crippen LogP contribution < -0.4 is 15.4 Å². The summed E-state index contributed by atoms with van der Waals surface area (Å²) >= 11 is 1.81. The fraction of sp³-hybridized carbons (Fsp3) is 0.500. The molecule has 0 bridgehead atoms. The maximum absolute atomic E-state index is 12.0. The number of hydrogen-bond acceptors (Lipinski definition) is 4. The Morgan fingerprint density at radius 2 is 2.04 bits per heavy atom. The first-order chi connectivity index (χ1) is 10.4. The summed E-state index contributed by atoms with van der Waals surface area (Å²) in [5.41, 5.74) is 0.535. The number of thioether (sulfide) groups is 1. The summed E-state index contributed by atoms with van der Waals surface area (Å²) < 4.78 is 40.7. The molecule has 9 heteroatoms.